The maximum absolute atomic E-state index is 12.8. The Morgan fingerprint density at radius 2 is 2.00 bits per heavy atom. The number of morpholine rings is 1. The number of hydrogen-bond acceptors (Lipinski definition) is 5. The topological polar surface area (TPSA) is 55.3 Å². The van der Waals surface area contributed by atoms with Gasteiger partial charge >= 0.3 is 0 Å². The smallest absolute Gasteiger partial charge is 0.209 e. The zero-order chi connectivity index (χ0) is 14.4. The van der Waals surface area contributed by atoms with E-state index in [1.54, 1.807) is 0 Å². The molecule has 0 spiro atoms. The summed E-state index contributed by atoms with van der Waals surface area (Å²) in [7, 11) is 0. The standard InChI is InChI=1S/C16H15N3O2/c1-10-17-12-4-2-3-11-15(12)13(18-10)9-14(16(11)20)19-5-7-21-8-6-19/h2-4,9H,5-8H2,1H3. The number of hydrogen-bond donors (Lipinski definition) is 0. The fraction of sp³-hybridized carbons (Fsp3) is 0.312. The van der Waals surface area contributed by atoms with Crippen molar-refractivity contribution in [1.29, 1.82) is 0 Å². The first kappa shape index (κ1) is 12.5. The number of ketones is 1. The van der Waals surface area contributed by atoms with E-state index in [1.165, 1.54) is 0 Å². The van der Waals surface area contributed by atoms with Crippen molar-refractivity contribution >= 4 is 22.8 Å². The van der Waals surface area contributed by atoms with Crippen LogP contribution in [0.3, 0.4) is 0 Å². The lowest BCUT2D eigenvalue weighted by Crippen LogP contribution is -2.38. The molecule has 2 aliphatic rings. The Morgan fingerprint density at radius 3 is 2.81 bits per heavy atom. The molecule has 1 aliphatic heterocycles. The maximum atomic E-state index is 12.8. The lowest BCUT2D eigenvalue weighted by molar-refractivity contribution is 0.0512. The molecule has 1 aromatic carbocycles. The van der Waals surface area contributed by atoms with Crippen molar-refractivity contribution in [3.8, 4) is 0 Å². The van der Waals surface area contributed by atoms with Crippen molar-refractivity contribution in [1.82, 2.24) is 14.9 Å². The van der Waals surface area contributed by atoms with Crippen molar-refractivity contribution in [3.05, 3.63) is 41.0 Å². The molecule has 0 amide bonds. The summed E-state index contributed by atoms with van der Waals surface area (Å²) in [6.45, 7) is 4.68. The molecule has 0 radical (unpaired) electrons. The molecule has 1 saturated heterocycles. The number of nitrogens with zero attached hydrogens (tertiary/aromatic N) is 3. The second kappa shape index (κ2) is 4.63. The molecule has 5 heteroatoms. The minimum atomic E-state index is 0.0578. The summed E-state index contributed by atoms with van der Waals surface area (Å²) in [6.07, 6.45) is 1.90. The molecule has 0 unspecified atom stereocenters. The largest absolute Gasteiger partial charge is 0.378 e. The Hall–Kier alpha value is -2.27. The van der Waals surface area contributed by atoms with Crippen LogP contribution in [0.1, 0.15) is 21.9 Å². The van der Waals surface area contributed by atoms with Crippen molar-refractivity contribution in [2.75, 3.05) is 26.3 Å². The van der Waals surface area contributed by atoms with E-state index >= 15 is 0 Å². The van der Waals surface area contributed by atoms with Crippen LogP contribution >= 0.6 is 0 Å². The van der Waals surface area contributed by atoms with Gasteiger partial charge in [-0.3, -0.25) is 4.79 Å². The molecular formula is C16H15N3O2. The number of rotatable bonds is 1. The van der Waals surface area contributed by atoms with Crippen LogP contribution in [0.2, 0.25) is 0 Å². The summed E-state index contributed by atoms with van der Waals surface area (Å²) < 4.78 is 5.37. The molecule has 5 nitrogen and oxygen atoms in total. The van der Waals surface area contributed by atoms with Crippen LogP contribution in [0.15, 0.2) is 23.9 Å². The number of ether oxygens (including phenoxy) is 1. The number of benzene rings is 1. The second-order valence-electron chi connectivity index (χ2n) is 5.31. The van der Waals surface area contributed by atoms with E-state index in [4.69, 9.17) is 4.74 Å². The predicted octanol–water partition coefficient (Wildman–Crippen LogP) is 1.81. The van der Waals surface area contributed by atoms with Gasteiger partial charge in [0.2, 0.25) is 5.78 Å². The van der Waals surface area contributed by atoms with Crippen LogP contribution < -0.4 is 0 Å². The monoisotopic (exact) mass is 281 g/mol. The highest BCUT2D eigenvalue weighted by molar-refractivity contribution is 6.21. The van der Waals surface area contributed by atoms with Gasteiger partial charge in [0.1, 0.15) is 5.82 Å². The Kier molecular flexibility index (Phi) is 2.75. The lowest BCUT2D eigenvalue weighted by atomic mass is 9.94. The molecule has 1 aromatic heterocycles. The van der Waals surface area contributed by atoms with E-state index in [2.05, 4.69) is 14.9 Å². The molecule has 106 valence electrons. The molecule has 1 fully saturated rings. The lowest BCUT2D eigenvalue weighted by Gasteiger charge is -2.31. The van der Waals surface area contributed by atoms with Crippen LogP contribution in [-0.4, -0.2) is 47.0 Å². The van der Waals surface area contributed by atoms with Gasteiger partial charge in [0, 0.05) is 24.0 Å². The van der Waals surface area contributed by atoms with Crippen molar-refractivity contribution < 1.29 is 9.53 Å². The number of allylic oxidation sites excluding steroid dienone is 1. The van der Waals surface area contributed by atoms with Gasteiger partial charge in [-0.05, 0) is 19.1 Å². The van der Waals surface area contributed by atoms with Gasteiger partial charge in [0.15, 0.2) is 0 Å². The van der Waals surface area contributed by atoms with Crippen LogP contribution in [0.5, 0.6) is 0 Å². The van der Waals surface area contributed by atoms with E-state index in [0.717, 1.165) is 41.2 Å². The summed E-state index contributed by atoms with van der Waals surface area (Å²) in [4.78, 5) is 23.8. The minimum Gasteiger partial charge on any atom is -0.378 e. The van der Waals surface area contributed by atoms with E-state index in [1.807, 2.05) is 31.2 Å². The Bertz CT molecular complexity index is 776. The molecule has 2 heterocycles. The van der Waals surface area contributed by atoms with Gasteiger partial charge in [-0.25, -0.2) is 9.97 Å². The maximum Gasteiger partial charge on any atom is 0.209 e. The highest BCUT2D eigenvalue weighted by Gasteiger charge is 2.27. The summed E-state index contributed by atoms with van der Waals surface area (Å²) in [5.41, 5.74) is 3.10. The third-order valence-electron chi connectivity index (χ3n) is 3.97. The van der Waals surface area contributed by atoms with Gasteiger partial charge in [-0.2, -0.15) is 0 Å². The van der Waals surface area contributed by atoms with E-state index in [-0.39, 0.29) is 5.78 Å². The Labute approximate surface area is 122 Å². The second-order valence-corrected chi connectivity index (χ2v) is 5.31. The van der Waals surface area contributed by atoms with Crippen molar-refractivity contribution in [2.45, 2.75) is 6.92 Å². The van der Waals surface area contributed by atoms with Crippen molar-refractivity contribution in [2.24, 2.45) is 0 Å². The van der Waals surface area contributed by atoms with E-state index < -0.39 is 0 Å². The number of Topliss-reactive ketones (excluding diaryl/α,β-unsaturated/α-hetero) is 1. The van der Waals surface area contributed by atoms with Gasteiger partial charge in [-0.1, -0.05) is 12.1 Å². The fourth-order valence-corrected chi connectivity index (χ4v) is 3.00. The minimum absolute atomic E-state index is 0.0578. The highest BCUT2D eigenvalue weighted by atomic mass is 16.5. The number of aryl methyl sites for hydroxylation is 1. The van der Waals surface area contributed by atoms with Crippen LogP contribution in [0.4, 0.5) is 0 Å². The molecule has 2 aromatic rings. The van der Waals surface area contributed by atoms with Crippen LogP contribution in [0, 0.1) is 6.92 Å². The molecule has 0 N–H and O–H groups in total. The molecule has 0 saturated carbocycles. The Morgan fingerprint density at radius 1 is 1.19 bits per heavy atom. The fourth-order valence-electron chi connectivity index (χ4n) is 3.00. The van der Waals surface area contributed by atoms with Gasteiger partial charge in [0.25, 0.3) is 0 Å². The van der Waals surface area contributed by atoms with Gasteiger partial charge < -0.3 is 9.64 Å². The molecule has 0 atom stereocenters. The van der Waals surface area contributed by atoms with E-state index in [0.29, 0.717) is 18.8 Å². The third kappa shape index (κ3) is 1.93. The molecular weight excluding hydrogens is 266 g/mol. The Balaban J connectivity index is 1.92. The summed E-state index contributed by atoms with van der Waals surface area (Å²) in [6, 6.07) is 5.67. The van der Waals surface area contributed by atoms with Gasteiger partial charge in [-0.15, -0.1) is 0 Å². The SMILES string of the molecule is Cc1nc2c3c(cccc3n1)C(=O)C(N1CCOCC1)=C2. The zero-order valence-electron chi connectivity index (χ0n) is 11.8. The number of aromatic nitrogens is 2. The number of carbonyl (C=O) groups excluding carboxylic acids is 1. The number of carbonyl (C=O) groups is 1. The molecule has 1 aliphatic carbocycles. The average molecular weight is 281 g/mol. The molecule has 0 bridgehead atoms. The van der Waals surface area contributed by atoms with Crippen molar-refractivity contribution in [3.63, 3.8) is 0 Å². The highest BCUT2D eigenvalue weighted by Crippen LogP contribution is 2.30. The first-order valence-electron chi connectivity index (χ1n) is 7.10. The van der Waals surface area contributed by atoms with E-state index in [9.17, 15) is 4.79 Å². The predicted molar refractivity (Wildman–Crippen MR) is 79.0 cm³/mol. The average Bonchev–Trinajstić information content (AvgIpc) is 2.51. The molecule has 4 rings (SSSR count). The van der Waals surface area contributed by atoms with Gasteiger partial charge in [0.05, 0.1) is 30.1 Å². The first-order valence-corrected chi connectivity index (χ1v) is 7.10. The molecule has 21 heavy (non-hydrogen) atoms. The first-order chi connectivity index (χ1) is 10.2. The zero-order valence-corrected chi connectivity index (χ0v) is 11.8. The third-order valence-corrected chi connectivity index (χ3v) is 3.97. The quantitative estimate of drug-likeness (QED) is 0.798. The summed E-state index contributed by atoms with van der Waals surface area (Å²) in [5.74, 6) is 0.782. The summed E-state index contributed by atoms with van der Waals surface area (Å²) in [5, 5.41) is 0.866. The summed E-state index contributed by atoms with van der Waals surface area (Å²) >= 11 is 0. The van der Waals surface area contributed by atoms with Crippen LogP contribution in [-0.2, 0) is 4.74 Å². The normalized spacial score (nSPS) is 18.0. The van der Waals surface area contributed by atoms with Crippen LogP contribution in [0.25, 0.3) is 17.0 Å².